The van der Waals surface area contributed by atoms with Gasteiger partial charge in [-0.2, -0.15) is 13.2 Å². The zero-order chi connectivity index (χ0) is 16.6. The first-order valence-corrected chi connectivity index (χ1v) is 6.53. The second-order valence-corrected chi connectivity index (χ2v) is 4.81. The number of halogens is 5. The minimum absolute atomic E-state index is 0.0451. The molecule has 0 aliphatic carbocycles. The van der Waals surface area contributed by atoms with Crippen molar-refractivity contribution in [2.45, 2.75) is 6.18 Å². The third-order valence-corrected chi connectivity index (χ3v) is 3.28. The second-order valence-electron chi connectivity index (χ2n) is 4.81. The number of hydrogen-bond acceptors (Lipinski definition) is 2. The Bertz CT molecular complexity index is 874. The van der Waals surface area contributed by atoms with Crippen molar-refractivity contribution in [3.63, 3.8) is 0 Å². The Morgan fingerprint density at radius 2 is 1.70 bits per heavy atom. The van der Waals surface area contributed by atoms with Gasteiger partial charge in [0.05, 0.1) is 16.8 Å². The maximum Gasteiger partial charge on any atom is 0.418 e. The number of nitrogens with one attached hydrogen (secondary N) is 1. The van der Waals surface area contributed by atoms with Crippen molar-refractivity contribution in [3.05, 3.63) is 65.9 Å². The van der Waals surface area contributed by atoms with Gasteiger partial charge in [-0.05, 0) is 24.3 Å². The average molecular weight is 324 g/mol. The fourth-order valence-corrected chi connectivity index (χ4v) is 2.25. The summed E-state index contributed by atoms with van der Waals surface area (Å²) in [6, 6.07) is 7.95. The Morgan fingerprint density at radius 1 is 0.913 bits per heavy atom. The second kappa shape index (κ2) is 5.49. The maximum absolute atomic E-state index is 13.7. The van der Waals surface area contributed by atoms with E-state index in [0.717, 1.165) is 12.1 Å². The third-order valence-electron chi connectivity index (χ3n) is 3.28. The van der Waals surface area contributed by atoms with E-state index < -0.39 is 23.4 Å². The van der Waals surface area contributed by atoms with Gasteiger partial charge >= 0.3 is 6.18 Å². The van der Waals surface area contributed by atoms with Crippen LogP contribution in [0.2, 0.25) is 0 Å². The highest BCUT2D eigenvalue weighted by Gasteiger charge is 2.33. The molecule has 1 aromatic heterocycles. The van der Waals surface area contributed by atoms with E-state index in [1.807, 2.05) is 0 Å². The number of pyridine rings is 1. The SMILES string of the molecule is Fc1ccc(Nc2ccnc3c(C(F)(F)F)cccc23)c(F)c1. The molecule has 0 aliphatic rings. The molecular weight excluding hydrogens is 315 g/mol. The van der Waals surface area contributed by atoms with Crippen LogP contribution in [0, 0.1) is 11.6 Å². The summed E-state index contributed by atoms with van der Waals surface area (Å²) in [6.07, 6.45) is -3.35. The number of hydrogen-bond donors (Lipinski definition) is 1. The molecule has 0 saturated heterocycles. The first-order chi connectivity index (χ1) is 10.9. The number of alkyl halides is 3. The normalized spacial score (nSPS) is 11.7. The zero-order valence-electron chi connectivity index (χ0n) is 11.5. The van der Waals surface area contributed by atoms with Crippen LogP contribution in [0.3, 0.4) is 0 Å². The summed E-state index contributed by atoms with van der Waals surface area (Å²) in [7, 11) is 0. The molecule has 23 heavy (non-hydrogen) atoms. The van der Waals surface area contributed by atoms with Crippen molar-refractivity contribution in [2.75, 3.05) is 5.32 Å². The van der Waals surface area contributed by atoms with Gasteiger partial charge in [0.1, 0.15) is 11.6 Å². The summed E-state index contributed by atoms with van der Waals surface area (Å²) >= 11 is 0. The molecule has 7 heteroatoms. The van der Waals surface area contributed by atoms with E-state index in [9.17, 15) is 22.0 Å². The summed E-state index contributed by atoms with van der Waals surface area (Å²) in [6.45, 7) is 0. The summed E-state index contributed by atoms with van der Waals surface area (Å²) in [5.41, 5.74) is -0.923. The molecule has 0 spiro atoms. The van der Waals surface area contributed by atoms with Crippen LogP contribution in [0.5, 0.6) is 0 Å². The van der Waals surface area contributed by atoms with Crippen LogP contribution < -0.4 is 5.32 Å². The lowest BCUT2D eigenvalue weighted by atomic mass is 10.1. The Morgan fingerprint density at radius 3 is 2.39 bits per heavy atom. The number of rotatable bonds is 2. The van der Waals surface area contributed by atoms with Gasteiger partial charge < -0.3 is 5.32 Å². The minimum atomic E-state index is -4.55. The first-order valence-electron chi connectivity index (χ1n) is 6.53. The van der Waals surface area contributed by atoms with Crippen LogP contribution >= 0.6 is 0 Å². The molecule has 0 bridgehead atoms. The Balaban J connectivity index is 2.12. The van der Waals surface area contributed by atoms with Crippen LogP contribution in [0.15, 0.2) is 48.7 Å². The van der Waals surface area contributed by atoms with Gasteiger partial charge in [0.15, 0.2) is 0 Å². The van der Waals surface area contributed by atoms with Crippen LogP contribution in [-0.2, 0) is 6.18 Å². The van der Waals surface area contributed by atoms with Crippen LogP contribution in [0.4, 0.5) is 33.3 Å². The third kappa shape index (κ3) is 2.94. The van der Waals surface area contributed by atoms with Crippen LogP contribution in [0.1, 0.15) is 5.56 Å². The largest absolute Gasteiger partial charge is 0.418 e. The molecule has 1 heterocycles. The van der Waals surface area contributed by atoms with Crippen molar-refractivity contribution >= 4 is 22.3 Å². The molecule has 0 radical (unpaired) electrons. The predicted molar refractivity (Wildman–Crippen MR) is 76.4 cm³/mol. The molecule has 2 nitrogen and oxygen atoms in total. The molecule has 0 amide bonds. The van der Waals surface area contributed by atoms with E-state index in [1.54, 1.807) is 0 Å². The van der Waals surface area contributed by atoms with E-state index >= 15 is 0 Å². The molecule has 0 fully saturated rings. The lowest BCUT2D eigenvalue weighted by molar-refractivity contribution is -0.136. The van der Waals surface area contributed by atoms with Gasteiger partial charge in [0.25, 0.3) is 0 Å². The van der Waals surface area contributed by atoms with Gasteiger partial charge in [-0.1, -0.05) is 12.1 Å². The summed E-state index contributed by atoms with van der Waals surface area (Å²) in [5.74, 6) is -1.59. The van der Waals surface area contributed by atoms with Crippen molar-refractivity contribution in [1.29, 1.82) is 0 Å². The van der Waals surface area contributed by atoms with Gasteiger partial charge in [0, 0.05) is 23.3 Å². The van der Waals surface area contributed by atoms with Crippen LogP contribution in [-0.4, -0.2) is 4.98 Å². The molecule has 0 atom stereocenters. The summed E-state index contributed by atoms with van der Waals surface area (Å²) in [5, 5.41) is 2.86. The quantitative estimate of drug-likeness (QED) is 0.649. The number of benzene rings is 2. The Labute approximate surface area is 127 Å². The van der Waals surface area contributed by atoms with E-state index in [2.05, 4.69) is 10.3 Å². The number of nitrogens with zero attached hydrogens (tertiary/aromatic N) is 1. The van der Waals surface area contributed by atoms with E-state index in [1.165, 1.54) is 30.5 Å². The monoisotopic (exact) mass is 324 g/mol. The molecule has 3 aromatic rings. The molecule has 0 unspecified atom stereocenters. The van der Waals surface area contributed by atoms with Crippen LogP contribution in [0.25, 0.3) is 10.9 Å². The number of fused-ring (bicyclic) bond motifs is 1. The smallest absolute Gasteiger partial charge is 0.353 e. The molecule has 0 saturated carbocycles. The van der Waals surface area contributed by atoms with Gasteiger partial charge in [-0.15, -0.1) is 0 Å². The molecule has 1 N–H and O–H groups in total. The van der Waals surface area contributed by atoms with E-state index in [4.69, 9.17) is 0 Å². The highest BCUT2D eigenvalue weighted by atomic mass is 19.4. The Kier molecular flexibility index (Phi) is 3.63. The summed E-state index contributed by atoms with van der Waals surface area (Å²) in [4.78, 5) is 3.77. The van der Waals surface area contributed by atoms with Crippen molar-refractivity contribution in [1.82, 2.24) is 4.98 Å². The number of para-hydroxylation sites is 1. The van der Waals surface area contributed by atoms with Crippen molar-refractivity contribution in [2.24, 2.45) is 0 Å². The minimum Gasteiger partial charge on any atom is -0.353 e. The fourth-order valence-electron chi connectivity index (χ4n) is 2.25. The average Bonchev–Trinajstić information content (AvgIpc) is 2.49. The fraction of sp³-hybridized carbons (Fsp3) is 0.0625. The van der Waals surface area contributed by atoms with Gasteiger partial charge in [-0.25, -0.2) is 8.78 Å². The van der Waals surface area contributed by atoms with Gasteiger partial charge in [-0.3, -0.25) is 4.98 Å². The van der Waals surface area contributed by atoms with Crippen molar-refractivity contribution < 1.29 is 22.0 Å². The molecule has 118 valence electrons. The molecular formula is C16H9F5N2. The zero-order valence-corrected chi connectivity index (χ0v) is 11.5. The predicted octanol–water partition coefficient (Wildman–Crippen LogP) is 5.28. The van der Waals surface area contributed by atoms with E-state index in [-0.39, 0.29) is 22.3 Å². The molecule has 2 aromatic carbocycles. The first kappa shape index (κ1) is 15.2. The maximum atomic E-state index is 13.7. The lowest BCUT2D eigenvalue weighted by Crippen LogP contribution is -2.07. The van der Waals surface area contributed by atoms with Gasteiger partial charge in [0.2, 0.25) is 0 Å². The summed E-state index contributed by atoms with van der Waals surface area (Å²) < 4.78 is 65.7. The Hall–Kier alpha value is -2.70. The van der Waals surface area contributed by atoms with E-state index in [0.29, 0.717) is 6.07 Å². The molecule has 3 rings (SSSR count). The number of aromatic nitrogens is 1. The topological polar surface area (TPSA) is 24.9 Å². The molecule has 0 aliphatic heterocycles. The highest BCUT2D eigenvalue weighted by Crippen LogP contribution is 2.36. The lowest BCUT2D eigenvalue weighted by Gasteiger charge is -2.13. The number of anilines is 2. The highest BCUT2D eigenvalue weighted by molar-refractivity contribution is 5.94. The van der Waals surface area contributed by atoms with Crippen molar-refractivity contribution in [3.8, 4) is 0 Å². The standard InChI is InChI=1S/C16H9F5N2/c17-9-4-5-14(12(18)8-9)23-13-6-7-22-15-10(13)2-1-3-11(15)16(19,20)21/h1-8H,(H,22,23).